The Morgan fingerprint density at radius 2 is 1.93 bits per heavy atom. The van der Waals surface area contributed by atoms with Gasteiger partial charge in [0.05, 0.1) is 15.0 Å². The highest BCUT2D eigenvalue weighted by molar-refractivity contribution is 9.11. The van der Waals surface area contributed by atoms with Gasteiger partial charge in [-0.1, -0.05) is 15.9 Å². The van der Waals surface area contributed by atoms with Gasteiger partial charge in [0, 0.05) is 10.0 Å². The molecule has 0 amide bonds. The van der Waals surface area contributed by atoms with Crippen LogP contribution in [-0.2, 0) is 0 Å². The van der Waals surface area contributed by atoms with Gasteiger partial charge in [0.25, 0.3) is 0 Å². The Hall–Kier alpha value is 0.350. The fraction of sp³-hybridized carbons (Fsp3) is 0.250. The summed E-state index contributed by atoms with van der Waals surface area (Å²) in [5, 5.41) is 9.56. The van der Waals surface area contributed by atoms with Gasteiger partial charge in [-0.25, -0.2) is 4.39 Å². The molecule has 0 bridgehead atoms. The average molecular weight is 392 g/mol. The van der Waals surface area contributed by atoms with Crippen LogP contribution in [-0.4, -0.2) is 11.8 Å². The maximum absolute atomic E-state index is 12.4. The molecule has 1 aromatic rings. The molecule has 0 saturated carbocycles. The molecule has 78 valence electrons. The highest BCUT2D eigenvalue weighted by atomic mass is 79.9. The first-order valence-corrected chi connectivity index (χ1v) is 6.04. The SMILES string of the molecule is N[C@H](CF)c1c(Br)cc(Br)c(O)c1Br. The lowest BCUT2D eigenvalue weighted by atomic mass is 10.1. The molecule has 2 nitrogen and oxygen atoms in total. The van der Waals surface area contributed by atoms with Crippen molar-refractivity contribution in [2.45, 2.75) is 6.04 Å². The van der Waals surface area contributed by atoms with Crippen molar-refractivity contribution in [1.82, 2.24) is 0 Å². The van der Waals surface area contributed by atoms with E-state index < -0.39 is 12.7 Å². The molecule has 1 aromatic carbocycles. The van der Waals surface area contributed by atoms with Crippen LogP contribution in [0, 0.1) is 0 Å². The lowest BCUT2D eigenvalue weighted by Gasteiger charge is -2.14. The predicted molar refractivity (Wildman–Crippen MR) is 64.1 cm³/mol. The second-order valence-electron chi connectivity index (χ2n) is 2.68. The van der Waals surface area contributed by atoms with Crippen LogP contribution in [0.2, 0.25) is 0 Å². The molecule has 0 unspecified atom stereocenters. The molecular formula is C8H7Br3FNO. The Kier molecular flexibility index (Phi) is 4.36. The van der Waals surface area contributed by atoms with Crippen LogP contribution in [0.25, 0.3) is 0 Å². The summed E-state index contributed by atoms with van der Waals surface area (Å²) in [6.45, 7) is -0.682. The maximum Gasteiger partial charge on any atom is 0.144 e. The number of phenolic OH excluding ortho intramolecular Hbond substituents is 1. The maximum atomic E-state index is 12.4. The summed E-state index contributed by atoms with van der Waals surface area (Å²) in [6.07, 6.45) is 0. The van der Waals surface area contributed by atoms with Crippen LogP contribution in [0.1, 0.15) is 11.6 Å². The van der Waals surface area contributed by atoms with E-state index in [2.05, 4.69) is 47.8 Å². The van der Waals surface area contributed by atoms with Gasteiger partial charge in [-0.2, -0.15) is 0 Å². The molecule has 0 aliphatic heterocycles. The zero-order valence-corrected chi connectivity index (χ0v) is 11.7. The molecule has 0 heterocycles. The Labute approximate surface area is 106 Å². The van der Waals surface area contributed by atoms with Gasteiger partial charge >= 0.3 is 0 Å². The average Bonchev–Trinajstić information content (AvgIpc) is 2.14. The Morgan fingerprint density at radius 1 is 1.36 bits per heavy atom. The van der Waals surface area contributed by atoms with Crippen molar-refractivity contribution in [3.63, 3.8) is 0 Å². The molecule has 0 radical (unpaired) electrons. The standard InChI is InChI=1S/C8H7Br3FNO/c9-3-1-4(10)8(14)7(11)6(3)5(13)2-12/h1,5,14H,2,13H2/t5-/m1/s1. The largest absolute Gasteiger partial charge is 0.506 e. The third-order valence-corrected chi connectivity index (χ3v) is 3.78. The molecule has 1 atom stereocenters. The van der Waals surface area contributed by atoms with E-state index >= 15 is 0 Å². The van der Waals surface area contributed by atoms with Gasteiger partial charge < -0.3 is 10.8 Å². The van der Waals surface area contributed by atoms with Crippen LogP contribution >= 0.6 is 47.8 Å². The van der Waals surface area contributed by atoms with Crippen LogP contribution in [0.15, 0.2) is 19.5 Å². The number of halogens is 4. The lowest BCUT2D eigenvalue weighted by molar-refractivity contribution is 0.430. The lowest BCUT2D eigenvalue weighted by Crippen LogP contribution is -2.13. The third-order valence-electron chi connectivity index (χ3n) is 1.72. The summed E-state index contributed by atoms with van der Waals surface area (Å²) >= 11 is 9.58. The van der Waals surface area contributed by atoms with E-state index in [1.165, 1.54) is 0 Å². The van der Waals surface area contributed by atoms with Gasteiger partial charge in [-0.15, -0.1) is 0 Å². The monoisotopic (exact) mass is 389 g/mol. The van der Waals surface area contributed by atoms with E-state index in [-0.39, 0.29) is 5.75 Å². The molecular weight excluding hydrogens is 385 g/mol. The molecule has 0 aliphatic rings. The molecule has 0 aliphatic carbocycles. The first-order chi connectivity index (χ1) is 6.49. The van der Waals surface area contributed by atoms with E-state index in [0.29, 0.717) is 19.0 Å². The fourth-order valence-corrected chi connectivity index (χ4v) is 3.72. The number of aromatic hydroxyl groups is 1. The van der Waals surface area contributed by atoms with Crippen molar-refractivity contribution in [3.8, 4) is 5.75 Å². The van der Waals surface area contributed by atoms with Gasteiger partial charge in [0.1, 0.15) is 12.4 Å². The predicted octanol–water partition coefficient (Wildman–Crippen LogP) is 3.65. The summed E-state index contributed by atoms with van der Waals surface area (Å²) in [5.41, 5.74) is 6.07. The topological polar surface area (TPSA) is 46.2 Å². The molecule has 3 N–H and O–H groups in total. The minimum Gasteiger partial charge on any atom is -0.506 e. The summed E-state index contributed by atoms with van der Waals surface area (Å²) in [5.74, 6) is 0.0205. The van der Waals surface area contributed by atoms with Gasteiger partial charge in [0.2, 0.25) is 0 Å². The second-order valence-corrected chi connectivity index (χ2v) is 5.18. The highest BCUT2D eigenvalue weighted by Gasteiger charge is 2.18. The zero-order valence-electron chi connectivity index (χ0n) is 6.90. The molecule has 0 spiro atoms. The number of benzene rings is 1. The van der Waals surface area contributed by atoms with Gasteiger partial charge in [0.15, 0.2) is 0 Å². The number of phenols is 1. The Balaban J connectivity index is 3.36. The third kappa shape index (κ3) is 2.29. The minimum absolute atomic E-state index is 0.0205. The van der Waals surface area contributed by atoms with Crippen molar-refractivity contribution in [3.05, 3.63) is 25.0 Å². The van der Waals surface area contributed by atoms with Crippen molar-refractivity contribution in [1.29, 1.82) is 0 Å². The van der Waals surface area contributed by atoms with E-state index in [9.17, 15) is 9.50 Å². The fourth-order valence-electron chi connectivity index (χ4n) is 1.01. The highest BCUT2D eigenvalue weighted by Crippen LogP contribution is 2.41. The van der Waals surface area contributed by atoms with Crippen molar-refractivity contribution < 1.29 is 9.50 Å². The second kappa shape index (κ2) is 4.92. The smallest absolute Gasteiger partial charge is 0.144 e. The number of hydrogen-bond acceptors (Lipinski definition) is 2. The number of alkyl halides is 1. The first-order valence-electron chi connectivity index (χ1n) is 3.67. The quantitative estimate of drug-likeness (QED) is 0.808. The normalized spacial score (nSPS) is 12.9. The van der Waals surface area contributed by atoms with Crippen molar-refractivity contribution in [2.75, 3.05) is 6.67 Å². The number of rotatable bonds is 2. The molecule has 1 rings (SSSR count). The zero-order chi connectivity index (χ0) is 10.9. The van der Waals surface area contributed by atoms with Crippen LogP contribution in [0.4, 0.5) is 4.39 Å². The van der Waals surface area contributed by atoms with E-state index in [1.54, 1.807) is 6.07 Å². The Bertz CT molecular complexity index is 359. The van der Waals surface area contributed by atoms with E-state index in [0.717, 1.165) is 0 Å². The van der Waals surface area contributed by atoms with Gasteiger partial charge in [-0.05, 0) is 37.9 Å². The summed E-state index contributed by atoms with van der Waals surface area (Å²) < 4.78 is 14.0. The summed E-state index contributed by atoms with van der Waals surface area (Å²) in [4.78, 5) is 0. The summed E-state index contributed by atoms with van der Waals surface area (Å²) in [7, 11) is 0. The first kappa shape index (κ1) is 12.4. The Morgan fingerprint density at radius 3 is 2.43 bits per heavy atom. The number of nitrogens with two attached hydrogens (primary N) is 1. The van der Waals surface area contributed by atoms with Crippen LogP contribution < -0.4 is 5.73 Å². The van der Waals surface area contributed by atoms with Crippen LogP contribution in [0.3, 0.4) is 0 Å². The van der Waals surface area contributed by atoms with Gasteiger partial charge in [-0.3, -0.25) is 0 Å². The molecule has 0 saturated heterocycles. The van der Waals surface area contributed by atoms with E-state index in [1.807, 2.05) is 0 Å². The molecule has 6 heteroatoms. The van der Waals surface area contributed by atoms with Crippen molar-refractivity contribution in [2.24, 2.45) is 5.73 Å². The molecule has 0 aromatic heterocycles. The minimum atomic E-state index is -0.752. The number of hydrogen-bond donors (Lipinski definition) is 2. The molecule has 14 heavy (non-hydrogen) atoms. The summed E-state index contributed by atoms with van der Waals surface area (Å²) in [6, 6.07) is 0.878. The van der Waals surface area contributed by atoms with Crippen molar-refractivity contribution >= 4 is 47.8 Å². The molecule has 0 fully saturated rings. The van der Waals surface area contributed by atoms with Crippen LogP contribution in [0.5, 0.6) is 5.75 Å². The van der Waals surface area contributed by atoms with E-state index in [4.69, 9.17) is 5.73 Å².